The van der Waals surface area contributed by atoms with E-state index in [1.54, 1.807) is 0 Å². The van der Waals surface area contributed by atoms with Crippen LogP contribution < -0.4 is 10.1 Å². The van der Waals surface area contributed by atoms with Gasteiger partial charge in [0.25, 0.3) is 6.02 Å². The van der Waals surface area contributed by atoms with E-state index in [-0.39, 0.29) is 35.3 Å². The van der Waals surface area contributed by atoms with Crippen LogP contribution in [0.5, 0.6) is 11.5 Å². The summed E-state index contributed by atoms with van der Waals surface area (Å²) < 4.78 is 89.7. The second kappa shape index (κ2) is 10.1. The van der Waals surface area contributed by atoms with E-state index in [4.69, 9.17) is 14.2 Å². The first-order chi connectivity index (χ1) is 18.3. The average molecular weight is 569 g/mol. The minimum atomic E-state index is -4.77. The molecule has 1 N–H and O–H groups in total. The molecule has 0 atom stereocenters. The Balaban J connectivity index is 1.40. The third kappa shape index (κ3) is 6.19. The minimum absolute atomic E-state index is 0.0281. The number of ether oxygens (including phenoxy) is 3. The molecule has 2 aromatic heterocycles. The van der Waals surface area contributed by atoms with Crippen LogP contribution in [0.4, 0.5) is 27.6 Å². The Hall–Kier alpha value is -3.19. The van der Waals surface area contributed by atoms with Gasteiger partial charge in [0, 0.05) is 50.3 Å². The van der Waals surface area contributed by atoms with Gasteiger partial charge in [-0.25, -0.2) is 18.8 Å². The molecule has 5 rings (SSSR count). The Morgan fingerprint density at radius 3 is 2.46 bits per heavy atom. The molecule has 39 heavy (non-hydrogen) atoms. The molecule has 1 spiro atoms. The quantitative estimate of drug-likeness (QED) is 0.180. The lowest BCUT2D eigenvalue weighted by molar-refractivity contribution is -0.136. The van der Waals surface area contributed by atoms with Gasteiger partial charge in [-0.05, 0) is 25.0 Å². The molecule has 0 unspecified atom stereocenters. The summed E-state index contributed by atoms with van der Waals surface area (Å²) in [7, 11) is -1.40. The molecule has 1 aromatic carbocycles. The lowest BCUT2D eigenvalue weighted by Crippen LogP contribution is -2.29. The van der Waals surface area contributed by atoms with Gasteiger partial charge in [0.15, 0.2) is 17.4 Å². The largest absolute Gasteiger partial charge is 0.464 e. The number of pyridine rings is 1. The van der Waals surface area contributed by atoms with E-state index in [0.29, 0.717) is 19.8 Å². The molecule has 0 bridgehead atoms. The van der Waals surface area contributed by atoms with Crippen molar-refractivity contribution in [1.82, 2.24) is 9.55 Å². The number of aromatic nitrogens is 2. The lowest BCUT2D eigenvalue weighted by atomic mass is 10.1. The van der Waals surface area contributed by atoms with E-state index < -0.39 is 42.6 Å². The van der Waals surface area contributed by atoms with Crippen molar-refractivity contribution in [2.24, 2.45) is 10.4 Å². The second-order valence-electron chi connectivity index (χ2n) is 11.3. The molecule has 210 valence electrons. The Morgan fingerprint density at radius 1 is 1.15 bits per heavy atom. The Kier molecular flexibility index (Phi) is 7.08. The molecule has 2 aliphatic rings. The number of hydrogen-bond acceptors (Lipinski definition) is 6. The highest BCUT2D eigenvalue weighted by Crippen LogP contribution is 2.47. The highest BCUT2D eigenvalue weighted by atomic mass is 28.3. The van der Waals surface area contributed by atoms with E-state index in [1.807, 2.05) is 0 Å². The second-order valence-corrected chi connectivity index (χ2v) is 16.9. The number of nitrogens with one attached hydrogen (secondary N) is 1. The van der Waals surface area contributed by atoms with E-state index >= 15 is 0 Å². The number of amidine groups is 1. The monoisotopic (exact) mass is 568 g/mol. The molecule has 1 saturated carbocycles. The third-order valence-electron chi connectivity index (χ3n) is 6.74. The summed E-state index contributed by atoms with van der Waals surface area (Å²) >= 11 is 0. The highest BCUT2D eigenvalue weighted by Gasteiger charge is 2.45. The van der Waals surface area contributed by atoms with E-state index in [1.165, 1.54) is 10.8 Å². The van der Waals surface area contributed by atoms with Crippen molar-refractivity contribution < 1.29 is 36.2 Å². The highest BCUT2D eigenvalue weighted by molar-refractivity contribution is 6.76. The summed E-state index contributed by atoms with van der Waals surface area (Å²) in [5, 5.41) is 2.32. The molecule has 1 aliphatic heterocycles. The third-order valence-corrected chi connectivity index (χ3v) is 8.45. The number of nitrogens with zero attached hydrogens (tertiary/aromatic N) is 3. The summed E-state index contributed by atoms with van der Waals surface area (Å²) in [4.78, 5) is 8.35. The van der Waals surface area contributed by atoms with Gasteiger partial charge in [0.05, 0.1) is 24.1 Å². The molecule has 1 fully saturated rings. The van der Waals surface area contributed by atoms with Gasteiger partial charge in [0.1, 0.15) is 18.1 Å². The Bertz CT molecular complexity index is 1390. The standard InChI is InChI=1S/C26H29F5N4O3Si/c1-39(2,3)9-8-36-15-35-12-17(26(29,30)31)21-20(4-7-32-23(21)35)38-22-18(27)10-16(11-19(22)28)34-24-33-13-25(5-6-25)14-37-24/h4,7,10-12H,5-6,8-9,13-15H2,1-3H3,(H,33,34). The number of anilines is 1. The minimum Gasteiger partial charge on any atom is -0.464 e. The smallest absolute Gasteiger partial charge is 0.418 e. The number of benzene rings is 1. The first-order valence-electron chi connectivity index (χ1n) is 12.6. The van der Waals surface area contributed by atoms with Crippen molar-refractivity contribution in [3.8, 4) is 11.5 Å². The normalized spacial score (nSPS) is 16.8. The molecular formula is C26H29F5N4O3Si. The predicted molar refractivity (Wildman–Crippen MR) is 139 cm³/mol. The zero-order chi connectivity index (χ0) is 28.0. The summed E-state index contributed by atoms with van der Waals surface area (Å²) in [5.41, 5.74) is -1.01. The number of hydrogen-bond donors (Lipinski definition) is 1. The Labute approximate surface area is 223 Å². The van der Waals surface area contributed by atoms with Crippen LogP contribution in [0.1, 0.15) is 18.4 Å². The van der Waals surface area contributed by atoms with Crippen LogP contribution in [-0.4, -0.2) is 43.4 Å². The molecule has 3 aromatic rings. The van der Waals surface area contributed by atoms with Crippen LogP contribution in [-0.2, 0) is 22.4 Å². The SMILES string of the molecule is C[Si](C)(C)CCOCn1cc(C(F)(F)F)c2c(Oc3c(F)cc(NC4=NCC5(CC5)CO4)cc3F)ccnc21. The zero-order valence-corrected chi connectivity index (χ0v) is 22.8. The molecular weight excluding hydrogens is 539 g/mol. The number of aliphatic imine (C=N–C) groups is 1. The van der Waals surface area contributed by atoms with Crippen LogP contribution in [0.2, 0.25) is 25.7 Å². The molecule has 0 amide bonds. The molecule has 7 nitrogen and oxygen atoms in total. The summed E-state index contributed by atoms with van der Waals surface area (Å²) in [6.07, 6.45) is -0.616. The summed E-state index contributed by atoms with van der Waals surface area (Å²) in [5.74, 6) is -3.45. The zero-order valence-electron chi connectivity index (χ0n) is 21.8. The van der Waals surface area contributed by atoms with Crippen molar-refractivity contribution in [2.45, 2.75) is 51.4 Å². The molecule has 13 heteroatoms. The fourth-order valence-electron chi connectivity index (χ4n) is 4.20. The van der Waals surface area contributed by atoms with Gasteiger partial charge in [-0.3, -0.25) is 0 Å². The van der Waals surface area contributed by atoms with E-state index in [2.05, 4.69) is 34.9 Å². The van der Waals surface area contributed by atoms with Gasteiger partial charge in [-0.15, -0.1) is 0 Å². The number of rotatable bonds is 8. The van der Waals surface area contributed by atoms with E-state index in [9.17, 15) is 22.0 Å². The van der Waals surface area contributed by atoms with Gasteiger partial charge in [-0.1, -0.05) is 19.6 Å². The maximum Gasteiger partial charge on any atom is 0.418 e. The average Bonchev–Trinajstić information content (AvgIpc) is 3.48. The van der Waals surface area contributed by atoms with Crippen LogP contribution >= 0.6 is 0 Å². The van der Waals surface area contributed by atoms with Crippen LogP contribution in [0.3, 0.4) is 0 Å². The first kappa shape index (κ1) is 27.4. The maximum atomic E-state index is 15.0. The molecule has 1 aliphatic carbocycles. The van der Waals surface area contributed by atoms with Crippen LogP contribution in [0.15, 0.2) is 35.6 Å². The Morgan fingerprint density at radius 2 is 1.87 bits per heavy atom. The predicted octanol–water partition coefficient (Wildman–Crippen LogP) is 7.02. The van der Waals surface area contributed by atoms with Gasteiger partial charge in [-0.2, -0.15) is 13.2 Å². The van der Waals surface area contributed by atoms with Crippen molar-refractivity contribution in [3.63, 3.8) is 0 Å². The number of fused-ring (bicyclic) bond motifs is 1. The number of halogens is 5. The van der Waals surface area contributed by atoms with Gasteiger partial charge >= 0.3 is 6.18 Å². The topological polar surface area (TPSA) is 69.9 Å². The van der Waals surface area contributed by atoms with Crippen LogP contribution in [0, 0.1) is 17.0 Å². The summed E-state index contributed by atoms with van der Waals surface area (Å²) in [6.45, 7) is 7.77. The first-order valence-corrected chi connectivity index (χ1v) is 16.3. The molecule has 3 heterocycles. The number of alkyl halides is 3. The van der Waals surface area contributed by atoms with Crippen LogP contribution in [0.25, 0.3) is 11.0 Å². The fourth-order valence-corrected chi connectivity index (χ4v) is 4.95. The maximum absolute atomic E-state index is 15.0. The van der Waals surface area contributed by atoms with Crippen molar-refractivity contribution in [3.05, 3.63) is 47.8 Å². The lowest BCUT2D eigenvalue weighted by Gasteiger charge is -2.22. The van der Waals surface area contributed by atoms with E-state index in [0.717, 1.165) is 43.3 Å². The van der Waals surface area contributed by atoms with Gasteiger partial charge < -0.3 is 24.1 Å². The van der Waals surface area contributed by atoms with Crippen molar-refractivity contribution in [1.29, 1.82) is 0 Å². The van der Waals surface area contributed by atoms with Gasteiger partial charge in [0.2, 0.25) is 0 Å². The molecule has 0 radical (unpaired) electrons. The van der Waals surface area contributed by atoms with Crippen molar-refractivity contribution in [2.75, 3.05) is 25.1 Å². The van der Waals surface area contributed by atoms with Crippen molar-refractivity contribution >= 4 is 30.8 Å². The molecule has 0 saturated heterocycles. The fraction of sp³-hybridized carbons (Fsp3) is 0.462. The summed E-state index contributed by atoms with van der Waals surface area (Å²) in [6, 6.07) is 4.05.